The predicted octanol–water partition coefficient (Wildman–Crippen LogP) is -3.98. The zero-order chi connectivity index (χ0) is 43.9. The minimum absolute atomic E-state index is 0.0521. The lowest BCUT2D eigenvalue weighted by atomic mass is 10.0. The first-order valence-corrected chi connectivity index (χ1v) is 18.4. The molecule has 22 nitrogen and oxygen atoms in total. The Labute approximate surface area is 334 Å². The minimum atomic E-state index is -1.71. The molecular formula is C36H55N11O11. The maximum atomic E-state index is 13.7. The third-order valence-corrected chi connectivity index (χ3v) is 9.00. The van der Waals surface area contributed by atoms with E-state index in [1.165, 1.54) is 56.9 Å². The number of guanidine groups is 1. The fraction of sp³-hybridized carbons (Fsp3) is 0.528. The maximum Gasteiger partial charge on any atom is 0.303 e. The van der Waals surface area contributed by atoms with Gasteiger partial charge in [-0.2, -0.15) is 0 Å². The van der Waals surface area contributed by atoms with Crippen molar-refractivity contribution in [3.8, 4) is 5.75 Å². The monoisotopic (exact) mass is 817 g/mol. The van der Waals surface area contributed by atoms with Crippen LogP contribution in [-0.2, 0) is 44.8 Å². The third-order valence-electron chi connectivity index (χ3n) is 9.00. The van der Waals surface area contributed by atoms with Crippen LogP contribution < -0.4 is 49.5 Å². The highest BCUT2D eigenvalue weighted by molar-refractivity contribution is 6.02. The molecule has 1 aliphatic heterocycles. The summed E-state index contributed by atoms with van der Waals surface area (Å²) in [7, 11) is 0. The van der Waals surface area contributed by atoms with Crippen molar-refractivity contribution in [2.24, 2.45) is 27.9 Å². The summed E-state index contributed by atoms with van der Waals surface area (Å²) in [5.74, 6) is -7.24. The van der Waals surface area contributed by atoms with E-state index in [1.54, 1.807) is 0 Å². The van der Waals surface area contributed by atoms with Gasteiger partial charge >= 0.3 is 5.97 Å². The highest BCUT2D eigenvalue weighted by atomic mass is 16.4. The number of aliphatic hydroxyl groups is 1. The number of carbonyl (C=O) groups excluding carboxylic acids is 7. The van der Waals surface area contributed by atoms with Gasteiger partial charge in [-0.25, -0.2) is 0 Å². The van der Waals surface area contributed by atoms with E-state index in [0.717, 1.165) is 0 Å². The summed E-state index contributed by atoms with van der Waals surface area (Å²) in [6.45, 7) is 5.64. The maximum absolute atomic E-state index is 13.7. The van der Waals surface area contributed by atoms with E-state index >= 15 is 0 Å². The number of phenolic OH excluding ortho intramolecular Hbond substituents is 1. The molecule has 16 N–H and O–H groups in total. The van der Waals surface area contributed by atoms with Crippen molar-refractivity contribution in [1.82, 2.24) is 31.5 Å². The smallest absolute Gasteiger partial charge is 0.303 e. The molecule has 320 valence electrons. The number of hydrogen-bond acceptors (Lipinski definition) is 12. The summed E-state index contributed by atoms with van der Waals surface area (Å²) in [5.41, 5.74) is 22.3. The van der Waals surface area contributed by atoms with Gasteiger partial charge in [0.15, 0.2) is 5.96 Å². The molecule has 0 bridgehead atoms. The minimum Gasteiger partial charge on any atom is -0.508 e. The fourth-order valence-electron chi connectivity index (χ4n) is 5.70. The Balaban J connectivity index is 2.25. The number of aliphatic carboxylic acids is 1. The van der Waals surface area contributed by atoms with Gasteiger partial charge in [0.25, 0.3) is 5.91 Å². The summed E-state index contributed by atoms with van der Waals surface area (Å²) in [5, 5.41) is 41.9. The number of carbonyl (C=O) groups is 8. The molecule has 0 aliphatic carbocycles. The first kappa shape index (κ1) is 47.9. The largest absolute Gasteiger partial charge is 0.508 e. The molecule has 7 atom stereocenters. The second-order valence-corrected chi connectivity index (χ2v) is 14.1. The molecule has 0 aromatic heterocycles. The number of carboxylic acid groups (broad SMARTS) is 1. The van der Waals surface area contributed by atoms with Crippen molar-refractivity contribution in [2.45, 2.75) is 109 Å². The van der Waals surface area contributed by atoms with Crippen molar-refractivity contribution in [1.29, 1.82) is 0 Å². The lowest BCUT2D eigenvalue weighted by Crippen LogP contribution is -2.59. The van der Waals surface area contributed by atoms with E-state index in [2.05, 4.69) is 31.6 Å². The van der Waals surface area contributed by atoms with Crippen LogP contribution in [0.2, 0.25) is 0 Å². The highest BCUT2D eigenvalue weighted by Gasteiger charge is 2.37. The number of phenols is 1. The SMILES string of the molecule is CC(C)=C(NC(=O)[C@H](NC(=O)[C@@H](Cc1ccc(O)cc1)NC(=O)[C@H](N)CCCN=C(N)N)[C@@H](C)O)C(=O)N[C@H](CCC(=O)O)C(=O)N[C@@H]1CC(=O)N([C@H](C)C(N)=O)C1. The van der Waals surface area contributed by atoms with Crippen molar-refractivity contribution < 1.29 is 53.7 Å². The van der Waals surface area contributed by atoms with E-state index in [0.29, 0.717) is 12.0 Å². The molecule has 58 heavy (non-hydrogen) atoms. The van der Waals surface area contributed by atoms with Crippen LogP contribution in [0.1, 0.15) is 65.4 Å². The third kappa shape index (κ3) is 15.3. The number of primary amides is 1. The number of nitrogens with two attached hydrogens (primary N) is 4. The Morgan fingerprint density at radius 1 is 0.897 bits per heavy atom. The van der Waals surface area contributed by atoms with Crippen molar-refractivity contribution >= 4 is 53.3 Å². The van der Waals surface area contributed by atoms with Gasteiger partial charge < -0.3 is 69.7 Å². The molecule has 1 heterocycles. The first-order chi connectivity index (χ1) is 27.1. The number of nitrogens with one attached hydrogen (secondary N) is 5. The molecule has 1 fully saturated rings. The Kier molecular flexibility index (Phi) is 18.5. The normalized spacial score (nSPS) is 16.6. The molecule has 7 amide bonds. The molecule has 0 unspecified atom stereocenters. The van der Waals surface area contributed by atoms with Crippen LogP contribution in [0.5, 0.6) is 5.75 Å². The Bertz CT molecular complexity index is 1740. The number of rotatable bonds is 22. The average molecular weight is 818 g/mol. The number of amides is 7. The van der Waals surface area contributed by atoms with E-state index in [9.17, 15) is 53.7 Å². The molecule has 1 aliphatic rings. The topological polar surface area (TPSA) is 377 Å². The second kappa shape index (κ2) is 22.5. The lowest BCUT2D eigenvalue weighted by Gasteiger charge is -2.26. The first-order valence-electron chi connectivity index (χ1n) is 18.4. The number of allylic oxidation sites excluding steroid dienone is 1. The van der Waals surface area contributed by atoms with Crippen LogP contribution in [0.3, 0.4) is 0 Å². The van der Waals surface area contributed by atoms with Crippen LogP contribution in [0.25, 0.3) is 0 Å². The lowest BCUT2D eigenvalue weighted by molar-refractivity contribution is -0.138. The van der Waals surface area contributed by atoms with E-state index < -0.39 is 102 Å². The quantitative estimate of drug-likeness (QED) is 0.0230. The summed E-state index contributed by atoms with van der Waals surface area (Å²) >= 11 is 0. The number of carboxylic acids is 1. The standard InChI is InChI=1S/C36H55N11O11/c1-17(2)28(34(57)43-24(11-12-27(51)52)32(55)42-21-15-26(50)47(16-21)18(3)30(38)53)45-35(58)29(19(4)48)46-33(56)25(14-20-7-9-22(49)10-8-20)44-31(54)23(37)6-5-13-41-36(39)40/h7-10,18-19,21,23-25,29,48-49H,5-6,11-16,37H2,1-4H3,(H2,38,53)(H,42,55)(H,43,57)(H,44,54)(H,45,58)(H,46,56)(H,51,52)(H4,39,40,41)/t18-,19-,21-,23-,24-,25-,29-/m1/s1. The summed E-state index contributed by atoms with van der Waals surface area (Å²) in [6.07, 6.45) is -2.33. The summed E-state index contributed by atoms with van der Waals surface area (Å²) in [4.78, 5) is 108. The number of benzene rings is 1. The van der Waals surface area contributed by atoms with Gasteiger partial charge in [-0.05, 0) is 70.2 Å². The van der Waals surface area contributed by atoms with Crippen LogP contribution >= 0.6 is 0 Å². The molecule has 22 heteroatoms. The van der Waals surface area contributed by atoms with E-state index in [1.807, 2.05) is 0 Å². The number of likely N-dealkylation sites (tertiary alicyclic amines) is 1. The van der Waals surface area contributed by atoms with Gasteiger partial charge in [0, 0.05) is 32.4 Å². The Hall–Kier alpha value is -6.29. The predicted molar refractivity (Wildman–Crippen MR) is 207 cm³/mol. The van der Waals surface area contributed by atoms with Gasteiger partial charge in [-0.15, -0.1) is 0 Å². The van der Waals surface area contributed by atoms with E-state index in [-0.39, 0.29) is 56.1 Å². The van der Waals surface area contributed by atoms with Gasteiger partial charge in [0.1, 0.15) is 35.6 Å². The van der Waals surface area contributed by atoms with Crippen molar-refractivity contribution in [2.75, 3.05) is 13.1 Å². The van der Waals surface area contributed by atoms with Gasteiger partial charge in [0.2, 0.25) is 35.4 Å². The van der Waals surface area contributed by atoms with Crippen LogP contribution in [0.15, 0.2) is 40.5 Å². The fourth-order valence-corrected chi connectivity index (χ4v) is 5.70. The van der Waals surface area contributed by atoms with Crippen LogP contribution in [-0.4, -0.2) is 129 Å². The van der Waals surface area contributed by atoms with Gasteiger partial charge in [0.05, 0.1) is 18.2 Å². The molecule has 0 spiro atoms. The van der Waals surface area contributed by atoms with Crippen molar-refractivity contribution in [3.63, 3.8) is 0 Å². The summed E-state index contributed by atoms with van der Waals surface area (Å²) in [6, 6.07) is -1.61. The average Bonchev–Trinajstić information content (AvgIpc) is 3.51. The molecule has 0 radical (unpaired) electrons. The number of nitrogens with zero attached hydrogens (tertiary/aromatic N) is 2. The zero-order valence-corrected chi connectivity index (χ0v) is 32.8. The number of hydrogen-bond donors (Lipinski definition) is 12. The van der Waals surface area contributed by atoms with Crippen LogP contribution in [0, 0.1) is 0 Å². The summed E-state index contributed by atoms with van der Waals surface area (Å²) < 4.78 is 0. The Morgan fingerprint density at radius 2 is 1.53 bits per heavy atom. The van der Waals surface area contributed by atoms with Crippen LogP contribution in [0.4, 0.5) is 0 Å². The number of aromatic hydroxyl groups is 1. The molecule has 1 aromatic rings. The van der Waals surface area contributed by atoms with Gasteiger partial charge in [-0.3, -0.25) is 43.3 Å². The number of aliphatic hydroxyl groups excluding tert-OH is 1. The number of aliphatic imine (C=N–C) groups is 1. The van der Waals surface area contributed by atoms with Crippen molar-refractivity contribution in [3.05, 3.63) is 41.1 Å². The van der Waals surface area contributed by atoms with Gasteiger partial charge in [-0.1, -0.05) is 12.1 Å². The molecule has 1 aromatic carbocycles. The zero-order valence-electron chi connectivity index (χ0n) is 32.8. The molecule has 2 rings (SSSR count). The molecular weight excluding hydrogens is 762 g/mol. The Morgan fingerprint density at radius 3 is 2.09 bits per heavy atom. The highest BCUT2D eigenvalue weighted by Crippen LogP contribution is 2.16. The molecule has 0 saturated carbocycles. The molecule has 1 saturated heterocycles. The van der Waals surface area contributed by atoms with E-state index in [4.69, 9.17) is 22.9 Å². The second-order valence-electron chi connectivity index (χ2n) is 14.1.